The van der Waals surface area contributed by atoms with Gasteiger partial charge in [0.25, 0.3) is 0 Å². The summed E-state index contributed by atoms with van der Waals surface area (Å²) in [4.78, 5) is 41.8. The number of nitrogens with zero attached hydrogens (tertiary/aromatic N) is 1. The van der Waals surface area contributed by atoms with E-state index in [1.54, 1.807) is 18.3 Å². The molecule has 2 rings (SSSR count). The minimum Gasteiger partial charge on any atom is -0.481 e. The second-order valence-corrected chi connectivity index (χ2v) is 7.85. The largest absolute Gasteiger partial charge is 0.481 e. The average molecular weight is 458 g/mol. The maximum absolute atomic E-state index is 13.0. The van der Waals surface area contributed by atoms with E-state index in [9.17, 15) is 14.4 Å². The number of carbonyl (C=O) groups excluding carboxylic acids is 3. The molecule has 1 aromatic heterocycles. The van der Waals surface area contributed by atoms with Crippen molar-refractivity contribution < 1.29 is 28.6 Å². The molecule has 1 aromatic carbocycles. The highest BCUT2D eigenvalue weighted by molar-refractivity contribution is 5.89. The van der Waals surface area contributed by atoms with Gasteiger partial charge >= 0.3 is 12.1 Å². The Balaban J connectivity index is 2.07. The third kappa shape index (κ3) is 8.44. The topological polar surface area (TPSA) is 116 Å². The molecule has 9 nitrogen and oxygen atoms in total. The van der Waals surface area contributed by atoms with Gasteiger partial charge in [-0.1, -0.05) is 50.2 Å². The molecule has 0 aliphatic carbocycles. The molecule has 0 radical (unpaired) electrons. The molecule has 33 heavy (non-hydrogen) atoms. The Hall–Kier alpha value is -3.62. The van der Waals surface area contributed by atoms with Crippen LogP contribution in [0.25, 0.3) is 0 Å². The highest BCUT2D eigenvalue weighted by Crippen LogP contribution is 2.16. The van der Waals surface area contributed by atoms with E-state index in [1.165, 1.54) is 14.2 Å². The van der Waals surface area contributed by atoms with E-state index in [4.69, 9.17) is 14.2 Å². The van der Waals surface area contributed by atoms with Gasteiger partial charge in [-0.05, 0) is 24.0 Å². The number of carbonyl (C=O) groups is 3. The summed E-state index contributed by atoms with van der Waals surface area (Å²) >= 11 is 0. The predicted octanol–water partition coefficient (Wildman–Crippen LogP) is 2.63. The third-order valence-corrected chi connectivity index (χ3v) is 4.80. The fourth-order valence-corrected chi connectivity index (χ4v) is 3.20. The molecule has 2 atom stereocenters. The van der Waals surface area contributed by atoms with Gasteiger partial charge in [0.2, 0.25) is 11.8 Å². The maximum atomic E-state index is 13.0. The predicted molar refractivity (Wildman–Crippen MR) is 121 cm³/mol. The summed E-state index contributed by atoms with van der Waals surface area (Å²) in [6, 6.07) is 10.8. The van der Waals surface area contributed by atoms with Gasteiger partial charge in [-0.15, -0.1) is 0 Å². The summed E-state index contributed by atoms with van der Waals surface area (Å²) in [5, 5.41) is 5.29. The molecule has 0 aliphatic heterocycles. The molecule has 2 amide bonds. The van der Waals surface area contributed by atoms with E-state index in [-0.39, 0.29) is 18.9 Å². The fraction of sp³-hybridized carbons (Fsp3) is 0.417. The van der Waals surface area contributed by atoms with Crippen molar-refractivity contribution >= 4 is 18.0 Å². The lowest BCUT2D eigenvalue weighted by molar-refractivity contribution is -0.145. The van der Waals surface area contributed by atoms with Crippen molar-refractivity contribution in [3.05, 3.63) is 59.8 Å². The van der Waals surface area contributed by atoms with Crippen molar-refractivity contribution in [1.29, 1.82) is 0 Å². The molecule has 0 unspecified atom stereocenters. The summed E-state index contributed by atoms with van der Waals surface area (Å²) < 4.78 is 15.3. The lowest BCUT2D eigenvalue weighted by Gasteiger charge is -2.23. The van der Waals surface area contributed by atoms with Crippen LogP contribution in [0.3, 0.4) is 0 Å². The van der Waals surface area contributed by atoms with E-state index in [1.807, 2.05) is 44.2 Å². The molecular weight excluding hydrogens is 426 g/mol. The van der Waals surface area contributed by atoms with Crippen molar-refractivity contribution in [1.82, 2.24) is 15.6 Å². The number of rotatable bonds is 11. The first-order chi connectivity index (χ1) is 15.8. The molecule has 0 saturated carbocycles. The molecule has 0 fully saturated rings. The van der Waals surface area contributed by atoms with Gasteiger partial charge in [-0.3, -0.25) is 4.79 Å². The van der Waals surface area contributed by atoms with Gasteiger partial charge in [0.05, 0.1) is 14.2 Å². The maximum Gasteiger partial charge on any atom is 0.408 e. The van der Waals surface area contributed by atoms with E-state index in [0.717, 1.165) is 5.56 Å². The first-order valence-electron chi connectivity index (χ1n) is 10.7. The van der Waals surface area contributed by atoms with E-state index in [2.05, 4.69) is 15.6 Å². The number of nitrogens with one attached hydrogen (secondary N) is 2. The van der Waals surface area contributed by atoms with E-state index >= 15 is 0 Å². The molecule has 0 aliphatic rings. The van der Waals surface area contributed by atoms with Gasteiger partial charge in [0, 0.05) is 18.2 Å². The van der Waals surface area contributed by atoms with Gasteiger partial charge in [-0.2, -0.15) is 0 Å². The zero-order chi connectivity index (χ0) is 24.2. The summed E-state index contributed by atoms with van der Waals surface area (Å²) in [7, 11) is 2.72. The van der Waals surface area contributed by atoms with Crippen molar-refractivity contribution in [2.24, 2.45) is 5.92 Å². The Morgan fingerprint density at radius 2 is 1.70 bits per heavy atom. The number of methoxy groups -OCH3 is 2. The number of benzene rings is 1. The average Bonchev–Trinajstić information content (AvgIpc) is 2.82. The highest BCUT2D eigenvalue weighted by atomic mass is 16.5. The van der Waals surface area contributed by atoms with Crippen molar-refractivity contribution in [2.75, 3.05) is 14.2 Å². The van der Waals surface area contributed by atoms with Crippen LogP contribution in [0.1, 0.15) is 31.4 Å². The first kappa shape index (κ1) is 25.6. The van der Waals surface area contributed by atoms with Gasteiger partial charge in [0.15, 0.2) is 0 Å². The number of amides is 2. The number of hydrogen-bond donors (Lipinski definition) is 2. The van der Waals surface area contributed by atoms with Crippen LogP contribution in [0.15, 0.2) is 48.7 Å². The molecule has 2 aromatic rings. The van der Waals surface area contributed by atoms with Gasteiger partial charge < -0.3 is 24.8 Å². The number of hydrogen-bond acceptors (Lipinski definition) is 7. The molecular formula is C24H31N3O6. The van der Waals surface area contributed by atoms with Crippen molar-refractivity contribution in [3.63, 3.8) is 0 Å². The molecule has 178 valence electrons. The lowest BCUT2D eigenvalue weighted by Crippen LogP contribution is -2.53. The number of esters is 1. The number of ether oxygens (including phenoxy) is 3. The smallest absolute Gasteiger partial charge is 0.408 e. The minimum absolute atomic E-state index is 0.0777. The van der Waals surface area contributed by atoms with Crippen LogP contribution < -0.4 is 15.4 Å². The normalized spacial score (nSPS) is 12.4. The van der Waals surface area contributed by atoms with E-state index < -0.39 is 30.1 Å². The number of pyridine rings is 1. The third-order valence-electron chi connectivity index (χ3n) is 4.80. The molecule has 0 spiro atoms. The van der Waals surface area contributed by atoms with Crippen LogP contribution in [0.2, 0.25) is 0 Å². The first-order valence-corrected chi connectivity index (χ1v) is 10.7. The van der Waals surface area contributed by atoms with Crippen LogP contribution in [0, 0.1) is 5.92 Å². The standard InChI is InChI=1S/C24H31N3O6/c1-16(2)13-19(27-24(30)33-15-17-9-6-5-7-10-17)21(28)26-20(23(29)32-4)14-18-11-8-12-25-22(18)31-3/h5-12,16,19-20H,13-15H2,1-4H3,(H,26,28)(H,27,30)/t19-,20+/m0/s1. The lowest BCUT2D eigenvalue weighted by atomic mass is 10.0. The summed E-state index contributed by atoms with van der Waals surface area (Å²) in [6.07, 6.45) is 1.32. The van der Waals surface area contributed by atoms with Gasteiger partial charge in [-0.25, -0.2) is 14.6 Å². The minimum atomic E-state index is -0.989. The van der Waals surface area contributed by atoms with Crippen LogP contribution in [-0.2, 0) is 32.1 Å². The zero-order valence-electron chi connectivity index (χ0n) is 19.4. The highest BCUT2D eigenvalue weighted by Gasteiger charge is 2.29. The summed E-state index contributed by atoms with van der Waals surface area (Å²) in [6.45, 7) is 3.93. The molecule has 1 heterocycles. The van der Waals surface area contributed by atoms with Gasteiger partial charge in [0.1, 0.15) is 18.7 Å². The molecule has 2 N–H and O–H groups in total. The summed E-state index contributed by atoms with van der Waals surface area (Å²) in [5.74, 6) is -0.685. The number of alkyl carbamates (subject to hydrolysis) is 1. The van der Waals surface area contributed by atoms with Crippen LogP contribution in [0.5, 0.6) is 5.88 Å². The second kappa shape index (κ2) is 13.0. The Bertz CT molecular complexity index is 919. The Morgan fingerprint density at radius 1 is 0.970 bits per heavy atom. The molecule has 0 bridgehead atoms. The Labute approximate surface area is 193 Å². The van der Waals surface area contributed by atoms with Crippen LogP contribution >= 0.6 is 0 Å². The van der Waals surface area contributed by atoms with Crippen LogP contribution in [0.4, 0.5) is 4.79 Å². The van der Waals surface area contributed by atoms with E-state index in [0.29, 0.717) is 17.9 Å². The fourth-order valence-electron chi connectivity index (χ4n) is 3.20. The SMILES string of the molecule is COC(=O)[C@@H](Cc1cccnc1OC)NC(=O)[C@H](CC(C)C)NC(=O)OCc1ccccc1. The Morgan fingerprint density at radius 3 is 2.33 bits per heavy atom. The molecule has 9 heteroatoms. The van der Waals surface area contributed by atoms with Crippen molar-refractivity contribution in [2.45, 2.75) is 45.4 Å². The second-order valence-electron chi connectivity index (χ2n) is 7.85. The summed E-state index contributed by atoms with van der Waals surface area (Å²) in [5.41, 5.74) is 1.46. The van der Waals surface area contributed by atoms with Crippen molar-refractivity contribution in [3.8, 4) is 5.88 Å². The van der Waals surface area contributed by atoms with Crippen LogP contribution in [-0.4, -0.2) is 49.3 Å². The Kier molecular flexibility index (Phi) is 10.1. The number of aromatic nitrogens is 1. The zero-order valence-corrected chi connectivity index (χ0v) is 19.4. The quantitative estimate of drug-likeness (QED) is 0.498. The molecule has 0 saturated heterocycles. The monoisotopic (exact) mass is 457 g/mol.